The van der Waals surface area contributed by atoms with Gasteiger partial charge in [-0.3, -0.25) is 4.79 Å². The fraction of sp³-hybridized carbons (Fsp3) is 0.533. The Balaban J connectivity index is 2.16. The number of amides is 1. The summed E-state index contributed by atoms with van der Waals surface area (Å²) in [6, 6.07) is 8.89. The van der Waals surface area contributed by atoms with E-state index in [0.717, 1.165) is 18.7 Å². The van der Waals surface area contributed by atoms with Crippen molar-refractivity contribution in [2.45, 2.75) is 45.7 Å². The van der Waals surface area contributed by atoms with Crippen molar-refractivity contribution in [2.75, 3.05) is 11.4 Å². The van der Waals surface area contributed by atoms with Crippen molar-refractivity contribution in [3.63, 3.8) is 0 Å². The number of hydrogen-bond donors (Lipinski definition) is 1. The molecule has 1 heterocycles. The molecule has 1 amide bonds. The van der Waals surface area contributed by atoms with Gasteiger partial charge < -0.3 is 10.2 Å². The molecule has 0 spiro atoms. The highest BCUT2D eigenvalue weighted by Gasteiger charge is 2.31. The largest absolute Gasteiger partial charge is 0.311 e. The molecule has 1 atom stereocenters. The molecule has 1 saturated heterocycles. The molecular formula is C15H22N2O. The van der Waals surface area contributed by atoms with E-state index in [1.807, 2.05) is 17.0 Å². The summed E-state index contributed by atoms with van der Waals surface area (Å²) < 4.78 is 0. The fourth-order valence-corrected chi connectivity index (χ4v) is 2.60. The molecule has 1 aromatic rings. The molecule has 1 aromatic carbocycles. The third-order valence-corrected chi connectivity index (χ3v) is 3.36. The summed E-state index contributed by atoms with van der Waals surface area (Å²) in [6.45, 7) is 7.15. The number of aryl methyl sites for hydroxylation is 1. The summed E-state index contributed by atoms with van der Waals surface area (Å²) in [7, 11) is 0. The van der Waals surface area contributed by atoms with Crippen LogP contribution in [0, 0.1) is 0 Å². The Morgan fingerprint density at radius 1 is 1.39 bits per heavy atom. The van der Waals surface area contributed by atoms with Gasteiger partial charge in [-0.15, -0.1) is 0 Å². The van der Waals surface area contributed by atoms with Crippen LogP contribution in [0.1, 0.15) is 32.8 Å². The molecule has 0 aliphatic carbocycles. The van der Waals surface area contributed by atoms with Crippen LogP contribution >= 0.6 is 0 Å². The number of nitrogens with one attached hydrogen (secondary N) is 1. The number of nitrogens with zero attached hydrogens (tertiary/aromatic N) is 1. The second-order valence-corrected chi connectivity index (χ2v) is 5.21. The van der Waals surface area contributed by atoms with Gasteiger partial charge in [0.2, 0.25) is 5.91 Å². The lowest BCUT2D eigenvalue weighted by Crippen LogP contribution is -2.37. The zero-order valence-electron chi connectivity index (χ0n) is 11.4. The van der Waals surface area contributed by atoms with E-state index in [4.69, 9.17) is 0 Å². The Morgan fingerprint density at radius 3 is 2.78 bits per heavy atom. The number of carbonyl (C=O) groups excluding carboxylic acids is 1. The first-order chi connectivity index (χ1) is 8.61. The molecule has 1 aliphatic heterocycles. The molecule has 2 rings (SSSR count). The van der Waals surface area contributed by atoms with Gasteiger partial charge in [-0.05, 0) is 18.1 Å². The quantitative estimate of drug-likeness (QED) is 0.884. The lowest BCUT2D eigenvalue weighted by atomic mass is 10.1. The Labute approximate surface area is 109 Å². The van der Waals surface area contributed by atoms with Gasteiger partial charge in [0, 0.05) is 30.7 Å². The van der Waals surface area contributed by atoms with Gasteiger partial charge in [0.15, 0.2) is 0 Å². The molecule has 0 bridgehead atoms. The standard InChI is InChI=1S/C15H22N2O/c1-4-12-7-5-6-8-14(12)17-10-13(9-15(17)18)16-11(2)3/h5-8,11,13,16H,4,9-10H2,1-3H3. The SMILES string of the molecule is CCc1ccccc1N1CC(NC(C)C)CC1=O. The van der Waals surface area contributed by atoms with Gasteiger partial charge in [0.05, 0.1) is 0 Å². The van der Waals surface area contributed by atoms with Crippen molar-refractivity contribution >= 4 is 11.6 Å². The van der Waals surface area contributed by atoms with Crippen molar-refractivity contribution in [2.24, 2.45) is 0 Å². The number of hydrogen-bond acceptors (Lipinski definition) is 2. The number of anilines is 1. The van der Waals surface area contributed by atoms with Crippen molar-refractivity contribution in [1.82, 2.24) is 5.32 Å². The molecule has 3 nitrogen and oxygen atoms in total. The highest BCUT2D eigenvalue weighted by Crippen LogP contribution is 2.26. The molecule has 0 saturated carbocycles. The van der Waals surface area contributed by atoms with Crippen LogP contribution in [0.2, 0.25) is 0 Å². The van der Waals surface area contributed by atoms with Gasteiger partial charge >= 0.3 is 0 Å². The van der Waals surface area contributed by atoms with Crippen LogP contribution in [-0.4, -0.2) is 24.5 Å². The van der Waals surface area contributed by atoms with Crippen LogP contribution in [0.4, 0.5) is 5.69 Å². The summed E-state index contributed by atoms with van der Waals surface area (Å²) >= 11 is 0. The van der Waals surface area contributed by atoms with E-state index in [9.17, 15) is 4.79 Å². The fourth-order valence-electron chi connectivity index (χ4n) is 2.60. The summed E-state index contributed by atoms with van der Waals surface area (Å²) in [5.74, 6) is 0.231. The average molecular weight is 246 g/mol. The van der Waals surface area contributed by atoms with E-state index in [0.29, 0.717) is 12.5 Å². The average Bonchev–Trinajstić information content (AvgIpc) is 2.69. The summed E-state index contributed by atoms with van der Waals surface area (Å²) in [5.41, 5.74) is 2.33. The molecule has 1 fully saturated rings. The monoisotopic (exact) mass is 246 g/mol. The zero-order valence-corrected chi connectivity index (χ0v) is 11.4. The first kappa shape index (κ1) is 13.1. The minimum Gasteiger partial charge on any atom is -0.311 e. The van der Waals surface area contributed by atoms with Gasteiger partial charge in [-0.1, -0.05) is 39.0 Å². The minimum absolute atomic E-state index is 0.231. The van der Waals surface area contributed by atoms with E-state index < -0.39 is 0 Å². The lowest BCUT2D eigenvalue weighted by molar-refractivity contribution is -0.117. The Kier molecular flexibility index (Phi) is 4.02. The van der Waals surface area contributed by atoms with Crippen LogP contribution in [0.25, 0.3) is 0 Å². The van der Waals surface area contributed by atoms with Crippen molar-refractivity contribution in [3.8, 4) is 0 Å². The molecule has 0 radical (unpaired) electrons. The van der Waals surface area contributed by atoms with Crippen LogP contribution in [0.15, 0.2) is 24.3 Å². The van der Waals surface area contributed by atoms with Crippen molar-refractivity contribution < 1.29 is 4.79 Å². The van der Waals surface area contributed by atoms with Gasteiger partial charge in [-0.25, -0.2) is 0 Å². The molecule has 3 heteroatoms. The first-order valence-corrected chi connectivity index (χ1v) is 6.76. The maximum Gasteiger partial charge on any atom is 0.228 e. The molecule has 98 valence electrons. The Morgan fingerprint density at radius 2 is 2.11 bits per heavy atom. The Bertz CT molecular complexity index is 428. The minimum atomic E-state index is 0.231. The smallest absolute Gasteiger partial charge is 0.228 e. The van der Waals surface area contributed by atoms with Crippen LogP contribution in [0.5, 0.6) is 0 Å². The van der Waals surface area contributed by atoms with Gasteiger partial charge in [-0.2, -0.15) is 0 Å². The lowest BCUT2D eigenvalue weighted by Gasteiger charge is -2.21. The maximum atomic E-state index is 12.1. The summed E-state index contributed by atoms with van der Waals surface area (Å²) in [4.78, 5) is 14.1. The van der Waals surface area contributed by atoms with Crippen molar-refractivity contribution in [1.29, 1.82) is 0 Å². The second-order valence-electron chi connectivity index (χ2n) is 5.21. The third kappa shape index (κ3) is 2.72. The van der Waals surface area contributed by atoms with Gasteiger partial charge in [0.1, 0.15) is 0 Å². The molecular weight excluding hydrogens is 224 g/mol. The van der Waals surface area contributed by atoms with Crippen LogP contribution < -0.4 is 10.2 Å². The highest BCUT2D eigenvalue weighted by molar-refractivity contribution is 5.96. The summed E-state index contributed by atoms with van der Waals surface area (Å²) in [5, 5.41) is 3.45. The predicted molar refractivity (Wildman–Crippen MR) is 74.8 cm³/mol. The topological polar surface area (TPSA) is 32.3 Å². The van der Waals surface area contributed by atoms with E-state index >= 15 is 0 Å². The summed E-state index contributed by atoms with van der Waals surface area (Å²) in [6.07, 6.45) is 1.57. The number of para-hydroxylation sites is 1. The molecule has 0 aromatic heterocycles. The molecule has 1 aliphatic rings. The number of rotatable bonds is 4. The molecule has 1 N–H and O–H groups in total. The van der Waals surface area contributed by atoms with E-state index in [1.165, 1.54) is 5.56 Å². The van der Waals surface area contributed by atoms with Crippen LogP contribution in [0.3, 0.4) is 0 Å². The Hall–Kier alpha value is -1.35. The van der Waals surface area contributed by atoms with Crippen molar-refractivity contribution in [3.05, 3.63) is 29.8 Å². The third-order valence-electron chi connectivity index (χ3n) is 3.36. The first-order valence-electron chi connectivity index (χ1n) is 6.76. The van der Waals surface area contributed by atoms with E-state index in [-0.39, 0.29) is 11.9 Å². The highest BCUT2D eigenvalue weighted by atomic mass is 16.2. The molecule has 18 heavy (non-hydrogen) atoms. The zero-order chi connectivity index (χ0) is 13.1. The number of carbonyl (C=O) groups is 1. The maximum absolute atomic E-state index is 12.1. The normalized spacial score (nSPS) is 19.9. The molecule has 1 unspecified atom stereocenters. The van der Waals surface area contributed by atoms with E-state index in [2.05, 4.69) is 38.2 Å². The second kappa shape index (κ2) is 5.53. The predicted octanol–water partition coefficient (Wildman–Crippen LogP) is 2.35. The number of benzene rings is 1. The van der Waals surface area contributed by atoms with E-state index in [1.54, 1.807) is 0 Å². The van der Waals surface area contributed by atoms with Gasteiger partial charge in [0.25, 0.3) is 0 Å². The van der Waals surface area contributed by atoms with Crippen LogP contribution in [-0.2, 0) is 11.2 Å².